The molecule has 0 aliphatic heterocycles. The number of aryl methyl sites for hydroxylation is 1. The molecule has 0 spiro atoms. The van der Waals surface area contributed by atoms with E-state index in [1.54, 1.807) is 25.2 Å². The summed E-state index contributed by atoms with van der Waals surface area (Å²) in [5.74, 6) is -0.142. The molecule has 2 aromatic rings. The summed E-state index contributed by atoms with van der Waals surface area (Å²) >= 11 is 6.16. The SMILES string of the molecule is CNC(=O)c1ccc(Cl)c(CCC(O)c2ccccc2)c1. The van der Waals surface area contributed by atoms with Gasteiger partial charge in [-0.1, -0.05) is 41.9 Å². The van der Waals surface area contributed by atoms with Crippen molar-refractivity contribution < 1.29 is 9.90 Å². The van der Waals surface area contributed by atoms with Gasteiger partial charge >= 0.3 is 0 Å². The fourth-order valence-electron chi connectivity index (χ4n) is 2.19. The predicted octanol–water partition coefficient (Wildman–Crippen LogP) is 3.37. The zero-order valence-electron chi connectivity index (χ0n) is 11.8. The Morgan fingerprint density at radius 2 is 1.95 bits per heavy atom. The van der Waals surface area contributed by atoms with Gasteiger partial charge < -0.3 is 10.4 Å². The Morgan fingerprint density at radius 3 is 2.62 bits per heavy atom. The molecule has 110 valence electrons. The Hall–Kier alpha value is -1.84. The van der Waals surface area contributed by atoms with Gasteiger partial charge in [0.05, 0.1) is 6.10 Å². The van der Waals surface area contributed by atoms with Crippen molar-refractivity contribution in [3.05, 3.63) is 70.2 Å². The fourth-order valence-corrected chi connectivity index (χ4v) is 2.40. The van der Waals surface area contributed by atoms with Crippen molar-refractivity contribution in [2.45, 2.75) is 18.9 Å². The lowest BCUT2D eigenvalue weighted by molar-refractivity contribution is 0.0963. The molecule has 21 heavy (non-hydrogen) atoms. The summed E-state index contributed by atoms with van der Waals surface area (Å²) in [6.45, 7) is 0. The molecular weight excluding hydrogens is 286 g/mol. The van der Waals surface area contributed by atoms with Crippen molar-refractivity contribution in [3.8, 4) is 0 Å². The van der Waals surface area contributed by atoms with Crippen LogP contribution in [0.5, 0.6) is 0 Å². The Labute approximate surface area is 129 Å². The Balaban J connectivity index is 2.07. The number of halogens is 1. The molecule has 0 bridgehead atoms. The van der Waals surface area contributed by atoms with Gasteiger partial charge in [0, 0.05) is 17.6 Å². The quantitative estimate of drug-likeness (QED) is 0.890. The molecule has 1 atom stereocenters. The minimum Gasteiger partial charge on any atom is -0.388 e. The molecule has 0 saturated heterocycles. The van der Waals surface area contributed by atoms with Gasteiger partial charge in [-0.25, -0.2) is 0 Å². The molecule has 2 rings (SSSR count). The number of benzene rings is 2. The molecule has 0 heterocycles. The number of aliphatic hydroxyl groups is 1. The van der Waals surface area contributed by atoms with Crippen LogP contribution in [0.1, 0.15) is 34.0 Å². The molecule has 1 unspecified atom stereocenters. The molecule has 0 aromatic heterocycles. The molecule has 0 aliphatic rings. The van der Waals surface area contributed by atoms with Crippen LogP contribution in [0.25, 0.3) is 0 Å². The van der Waals surface area contributed by atoms with Crippen LogP contribution in [0.3, 0.4) is 0 Å². The zero-order chi connectivity index (χ0) is 15.2. The zero-order valence-corrected chi connectivity index (χ0v) is 12.6. The third kappa shape index (κ3) is 4.06. The van der Waals surface area contributed by atoms with Crippen LogP contribution in [-0.4, -0.2) is 18.1 Å². The lowest BCUT2D eigenvalue weighted by Crippen LogP contribution is -2.17. The highest BCUT2D eigenvalue weighted by Gasteiger charge is 2.11. The van der Waals surface area contributed by atoms with Gasteiger partial charge in [-0.15, -0.1) is 0 Å². The number of aliphatic hydroxyl groups excluding tert-OH is 1. The number of hydrogen-bond acceptors (Lipinski definition) is 2. The van der Waals surface area contributed by atoms with Gasteiger partial charge in [0.1, 0.15) is 0 Å². The molecule has 0 fully saturated rings. The number of nitrogens with one attached hydrogen (secondary N) is 1. The third-order valence-electron chi connectivity index (χ3n) is 3.41. The Morgan fingerprint density at radius 1 is 1.24 bits per heavy atom. The van der Waals surface area contributed by atoms with Crippen molar-refractivity contribution in [1.29, 1.82) is 0 Å². The van der Waals surface area contributed by atoms with E-state index < -0.39 is 6.10 Å². The molecule has 1 amide bonds. The summed E-state index contributed by atoms with van der Waals surface area (Å²) < 4.78 is 0. The first-order valence-electron chi connectivity index (χ1n) is 6.85. The molecule has 0 radical (unpaired) electrons. The number of rotatable bonds is 5. The number of hydrogen-bond donors (Lipinski definition) is 2. The summed E-state index contributed by atoms with van der Waals surface area (Å²) in [6, 6.07) is 14.7. The first-order chi connectivity index (χ1) is 10.1. The monoisotopic (exact) mass is 303 g/mol. The van der Waals surface area contributed by atoms with Crippen LogP contribution in [0, 0.1) is 0 Å². The lowest BCUT2D eigenvalue weighted by atomic mass is 10.00. The minimum atomic E-state index is -0.536. The van der Waals surface area contributed by atoms with Crippen LogP contribution < -0.4 is 5.32 Å². The maximum atomic E-state index is 11.6. The summed E-state index contributed by atoms with van der Waals surface area (Å²) in [7, 11) is 1.59. The van der Waals surface area contributed by atoms with E-state index in [2.05, 4.69) is 5.32 Å². The summed E-state index contributed by atoms with van der Waals surface area (Å²) in [6.07, 6.45) is 0.631. The second kappa shape index (κ2) is 7.25. The van der Waals surface area contributed by atoms with Crippen LogP contribution in [0.4, 0.5) is 0 Å². The van der Waals surface area contributed by atoms with Crippen molar-refractivity contribution in [3.63, 3.8) is 0 Å². The molecule has 0 aliphatic carbocycles. The van der Waals surface area contributed by atoms with Crippen molar-refractivity contribution in [1.82, 2.24) is 5.32 Å². The highest BCUT2D eigenvalue weighted by molar-refractivity contribution is 6.31. The number of carbonyl (C=O) groups is 1. The summed E-state index contributed by atoms with van der Waals surface area (Å²) in [4.78, 5) is 11.6. The van der Waals surface area contributed by atoms with Crippen LogP contribution >= 0.6 is 11.6 Å². The van der Waals surface area contributed by atoms with Crippen LogP contribution in [0.2, 0.25) is 5.02 Å². The van der Waals surface area contributed by atoms with E-state index in [0.29, 0.717) is 23.4 Å². The predicted molar refractivity (Wildman–Crippen MR) is 84.6 cm³/mol. The average molecular weight is 304 g/mol. The van der Waals surface area contributed by atoms with Crippen LogP contribution in [0.15, 0.2) is 48.5 Å². The molecule has 2 N–H and O–H groups in total. The van der Waals surface area contributed by atoms with E-state index >= 15 is 0 Å². The standard InChI is InChI=1S/C17H18ClNO2/c1-19-17(21)14-7-9-15(18)13(11-14)8-10-16(20)12-5-3-2-4-6-12/h2-7,9,11,16,20H,8,10H2,1H3,(H,19,21). The molecular formula is C17H18ClNO2. The molecule has 0 saturated carbocycles. The molecule has 3 nitrogen and oxygen atoms in total. The van der Waals surface area contributed by atoms with E-state index in [-0.39, 0.29) is 5.91 Å². The second-order valence-electron chi connectivity index (χ2n) is 4.85. The van der Waals surface area contributed by atoms with E-state index in [9.17, 15) is 9.90 Å². The van der Waals surface area contributed by atoms with Crippen molar-refractivity contribution in [2.75, 3.05) is 7.05 Å². The molecule has 4 heteroatoms. The maximum absolute atomic E-state index is 11.6. The summed E-state index contributed by atoms with van der Waals surface area (Å²) in [5.41, 5.74) is 2.33. The largest absolute Gasteiger partial charge is 0.388 e. The van der Waals surface area contributed by atoms with Gasteiger partial charge in [-0.3, -0.25) is 4.79 Å². The van der Waals surface area contributed by atoms with Gasteiger partial charge in [0.25, 0.3) is 5.91 Å². The lowest BCUT2D eigenvalue weighted by Gasteiger charge is -2.12. The van der Waals surface area contributed by atoms with E-state index in [0.717, 1.165) is 11.1 Å². The highest BCUT2D eigenvalue weighted by atomic mass is 35.5. The van der Waals surface area contributed by atoms with Gasteiger partial charge in [-0.2, -0.15) is 0 Å². The Kier molecular flexibility index (Phi) is 5.37. The topological polar surface area (TPSA) is 49.3 Å². The summed E-state index contributed by atoms with van der Waals surface area (Å²) in [5, 5.41) is 13.4. The maximum Gasteiger partial charge on any atom is 0.251 e. The second-order valence-corrected chi connectivity index (χ2v) is 5.26. The van der Waals surface area contributed by atoms with E-state index in [1.165, 1.54) is 0 Å². The fraction of sp³-hybridized carbons (Fsp3) is 0.235. The first kappa shape index (κ1) is 15.5. The van der Waals surface area contributed by atoms with E-state index in [1.807, 2.05) is 30.3 Å². The van der Waals surface area contributed by atoms with Gasteiger partial charge in [0.15, 0.2) is 0 Å². The average Bonchev–Trinajstić information content (AvgIpc) is 2.53. The van der Waals surface area contributed by atoms with Crippen LogP contribution in [-0.2, 0) is 6.42 Å². The van der Waals surface area contributed by atoms with E-state index in [4.69, 9.17) is 11.6 Å². The smallest absolute Gasteiger partial charge is 0.251 e. The minimum absolute atomic E-state index is 0.142. The number of carbonyl (C=O) groups excluding carboxylic acids is 1. The highest BCUT2D eigenvalue weighted by Crippen LogP contribution is 2.23. The number of amides is 1. The Bertz CT molecular complexity index is 613. The third-order valence-corrected chi connectivity index (χ3v) is 3.78. The normalized spacial score (nSPS) is 12.0. The molecule has 2 aromatic carbocycles. The van der Waals surface area contributed by atoms with Crippen molar-refractivity contribution >= 4 is 17.5 Å². The van der Waals surface area contributed by atoms with Gasteiger partial charge in [0.2, 0.25) is 0 Å². The first-order valence-corrected chi connectivity index (χ1v) is 7.23. The van der Waals surface area contributed by atoms with Gasteiger partial charge in [-0.05, 0) is 42.2 Å². The van der Waals surface area contributed by atoms with Crippen molar-refractivity contribution in [2.24, 2.45) is 0 Å².